The van der Waals surface area contributed by atoms with Crippen molar-refractivity contribution in [1.82, 2.24) is 9.88 Å². The van der Waals surface area contributed by atoms with Crippen molar-refractivity contribution in [3.63, 3.8) is 0 Å². The molecule has 2 N–H and O–H groups in total. The average molecular weight is 236 g/mol. The highest BCUT2D eigenvalue weighted by Gasteiger charge is 2.29. The highest BCUT2D eigenvalue weighted by Crippen LogP contribution is 2.18. The minimum absolute atomic E-state index is 0.0461. The van der Waals surface area contributed by atoms with Gasteiger partial charge in [-0.25, -0.2) is 0 Å². The van der Waals surface area contributed by atoms with Gasteiger partial charge >= 0.3 is 0 Å². The number of aliphatic hydroxyl groups is 1. The Kier molecular flexibility index (Phi) is 3.28. The normalized spacial score (nSPS) is 19.6. The molecule has 2 heterocycles. The summed E-state index contributed by atoms with van der Waals surface area (Å²) in [5.74, 6) is -0.289. The molecule has 1 aromatic rings. The number of carbonyl (C=O) groups is 1. The molecule has 1 fully saturated rings. The van der Waals surface area contributed by atoms with Gasteiger partial charge in [-0.3, -0.25) is 9.59 Å². The first-order valence-corrected chi connectivity index (χ1v) is 5.75. The highest BCUT2D eigenvalue weighted by molar-refractivity contribution is 5.94. The molecule has 1 aromatic heterocycles. The number of H-pyrrole nitrogens is 1. The van der Waals surface area contributed by atoms with Crippen LogP contribution in [0.5, 0.6) is 0 Å². The second kappa shape index (κ2) is 4.71. The molecule has 1 aliphatic rings. The van der Waals surface area contributed by atoms with Gasteiger partial charge in [0, 0.05) is 12.2 Å². The number of nitrogens with zero attached hydrogens (tertiary/aromatic N) is 1. The van der Waals surface area contributed by atoms with E-state index in [4.69, 9.17) is 5.11 Å². The molecular formula is C12H16N2O3. The summed E-state index contributed by atoms with van der Waals surface area (Å²) in [7, 11) is 0. The largest absolute Gasteiger partial charge is 0.394 e. The average Bonchev–Trinajstić information content (AvgIpc) is 2.76. The fraction of sp³-hybridized carbons (Fsp3) is 0.500. The number of aliphatic hydroxyl groups excluding tert-OH is 1. The number of carbonyl (C=O) groups excluding carboxylic acids is 1. The van der Waals surface area contributed by atoms with E-state index in [1.807, 2.05) is 0 Å². The fourth-order valence-corrected chi connectivity index (χ4v) is 2.19. The first kappa shape index (κ1) is 11.9. The van der Waals surface area contributed by atoms with Crippen molar-refractivity contribution in [2.24, 2.45) is 0 Å². The van der Waals surface area contributed by atoms with Crippen LogP contribution in [0.25, 0.3) is 0 Å². The smallest absolute Gasteiger partial charge is 0.260 e. The topological polar surface area (TPSA) is 73.4 Å². The zero-order valence-corrected chi connectivity index (χ0v) is 9.77. The van der Waals surface area contributed by atoms with E-state index in [1.165, 1.54) is 0 Å². The number of aromatic amines is 1. The maximum Gasteiger partial charge on any atom is 0.260 e. The van der Waals surface area contributed by atoms with E-state index in [9.17, 15) is 9.59 Å². The molecule has 0 saturated carbocycles. The third-order valence-corrected chi connectivity index (χ3v) is 3.13. The van der Waals surface area contributed by atoms with Crippen LogP contribution in [0.4, 0.5) is 0 Å². The molecule has 5 heteroatoms. The van der Waals surface area contributed by atoms with Crippen molar-refractivity contribution in [1.29, 1.82) is 0 Å². The molecule has 17 heavy (non-hydrogen) atoms. The minimum atomic E-state index is -0.362. The Morgan fingerprint density at radius 3 is 3.00 bits per heavy atom. The Bertz CT molecular complexity index is 481. The molecule has 2 rings (SSSR count). The van der Waals surface area contributed by atoms with Gasteiger partial charge < -0.3 is 15.0 Å². The molecule has 0 bridgehead atoms. The van der Waals surface area contributed by atoms with Gasteiger partial charge in [-0.15, -0.1) is 0 Å². The van der Waals surface area contributed by atoms with Crippen molar-refractivity contribution in [3.8, 4) is 0 Å². The first-order chi connectivity index (χ1) is 8.13. The summed E-state index contributed by atoms with van der Waals surface area (Å²) in [6.07, 6.45) is 1.67. The molecule has 0 radical (unpaired) electrons. The molecule has 1 saturated heterocycles. The number of likely N-dealkylation sites (tertiary alicyclic amines) is 1. The van der Waals surface area contributed by atoms with Crippen LogP contribution < -0.4 is 5.56 Å². The SMILES string of the molecule is Cc1ccc(C(=O)N2CCCC2CO)c(=O)[nH]1. The number of nitrogens with one attached hydrogen (secondary N) is 1. The van der Waals surface area contributed by atoms with Crippen LogP contribution in [0.15, 0.2) is 16.9 Å². The molecule has 1 amide bonds. The van der Waals surface area contributed by atoms with Gasteiger partial charge in [0.1, 0.15) is 5.56 Å². The van der Waals surface area contributed by atoms with Crippen LogP contribution in [0.3, 0.4) is 0 Å². The van der Waals surface area contributed by atoms with E-state index in [0.29, 0.717) is 6.54 Å². The highest BCUT2D eigenvalue weighted by atomic mass is 16.3. The number of hydrogen-bond donors (Lipinski definition) is 2. The van der Waals surface area contributed by atoms with Crippen molar-refractivity contribution in [2.45, 2.75) is 25.8 Å². The zero-order valence-electron chi connectivity index (χ0n) is 9.77. The Morgan fingerprint density at radius 2 is 2.35 bits per heavy atom. The summed E-state index contributed by atoms with van der Waals surface area (Å²) >= 11 is 0. The Hall–Kier alpha value is -1.62. The van der Waals surface area contributed by atoms with Gasteiger partial charge in [0.2, 0.25) is 0 Å². The summed E-state index contributed by atoms with van der Waals surface area (Å²) in [6, 6.07) is 3.10. The number of pyridine rings is 1. The summed E-state index contributed by atoms with van der Waals surface area (Å²) < 4.78 is 0. The predicted octanol–water partition coefficient (Wildman–Crippen LogP) is 0.280. The Balaban J connectivity index is 2.28. The van der Waals surface area contributed by atoms with Crippen molar-refractivity contribution in [2.75, 3.05) is 13.2 Å². The van der Waals surface area contributed by atoms with Crippen molar-refractivity contribution >= 4 is 5.91 Å². The summed E-state index contributed by atoms with van der Waals surface area (Å²) in [5.41, 5.74) is 0.515. The quantitative estimate of drug-likeness (QED) is 0.774. The lowest BCUT2D eigenvalue weighted by atomic mass is 10.2. The fourth-order valence-electron chi connectivity index (χ4n) is 2.19. The second-order valence-corrected chi connectivity index (χ2v) is 4.36. The summed E-state index contributed by atoms with van der Waals surface area (Å²) in [6.45, 7) is 2.33. The summed E-state index contributed by atoms with van der Waals surface area (Å²) in [5, 5.41) is 9.17. The first-order valence-electron chi connectivity index (χ1n) is 5.75. The number of aryl methyl sites for hydroxylation is 1. The number of rotatable bonds is 2. The molecular weight excluding hydrogens is 220 g/mol. The molecule has 0 aliphatic carbocycles. The van der Waals surface area contributed by atoms with Crippen molar-refractivity contribution < 1.29 is 9.90 Å². The van der Waals surface area contributed by atoms with Crippen LogP contribution >= 0.6 is 0 Å². The third-order valence-electron chi connectivity index (χ3n) is 3.13. The Labute approximate surface area is 99.1 Å². The monoisotopic (exact) mass is 236 g/mol. The standard InChI is InChI=1S/C12H16N2O3/c1-8-4-5-10(11(16)13-8)12(17)14-6-2-3-9(14)7-15/h4-5,9,15H,2-3,6-7H2,1H3,(H,13,16). The third kappa shape index (κ3) is 2.24. The maximum absolute atomic E-state index is 12.1. The van der Waals surface area contributed by atoms with Gasteiger partial charge in [0.25, 0.3) is 11.5 Å². The van der Waals surface area contributed by atoms with Crippen LogP contribution in [-0.4, -0.2) is 40.1 Å². The van der Waals surface area contributed by atoms with Gasteiger partial charge in [0.15, 0.2) is 0 Å². The van der Waals surface area contributed by atoms with Gasteiger partial charge in [-0.1, -0.05) is 0 Å². The summed E-state index contributed by atoms with van der Waals surface area (Å²) in [4.78, 5) is 28.0. The molecule has 0 aromatic carbocycles. The van der Waals surface area contributed by atoms with Gasteiger partial charge in [0.05, 0.1) is 12.6 Å². The lowest BCUT2D eigenvalue weighted by Gasteiger charge is -2.22. The van der Waals surface area contributed by atoms with Crippen LogP contribution in [-0.2, 0) is 0 Å². The predicted molar refractivity (Wildman–Crippen MR) is 62.9 cm³/mol. The molecule has 5 nitrogen and oxygen atoms in total. The van der Waals surface area contributed by atoms with E-state index < -0.39 is 0 Å². The molecule has 92 valence electrons. The van der Waals surface area contributed by atoms with E-state index >= 15 is 0 Å². The molecule has 1 unspecified atom stereocenters. The van der Waals surface area contributed by atoms with E-state index in [1.54, 1.807) is 24.0 Å². The van der Waals surface area contributed by atoms with Crippen molar-refractivity contribution in [3.05, 3.63) is 33.7 Å². The lowest BCUT2D eigenvalue weighted by molar-refractivity contribution is 0.0676. The van der Waals surface area contributed by atoms with Gasteiger partial charge in [-0.05, 0) is 31.9 Å². The zero-order chi connectivity index (χ0) is 12.4. The molecule has 0 spiro atoms. The number of aromatic nitrogens is 1. The molecule has 1 atom stereocenters. The van der Waals surface area contributed by atoms with Crippen LogP contribution in [0, 0.1) is 6.92 Å². The maximum atomic E-state index is 12.1. The van der Waals surface area contributed by atoms with E-state index in [-0.39, 0.29) is 29.7 Å². The van der Waals surface area contributed by atoms with Crippen LogP contribution in [0.2, 0.25) is 0 Å². The Morgan fingerprint density at radius 1 is 1.59 bits per heavy atom. The van der Waals surface area contributed by atoms with E-state index in [0.717, 1.165) is 18.5 Å². The number of hydrogen-bond acceptors (Lipinski definition) is 3. The van der Waals surface area contributed by atoms with Crippen LogP contribution in [0.1, 0.15) is 28.9 Å². The van der Waals surface area contributed by atoms with Gasteiger partial charge in [-0.2, -0.15) is 0 Å². The minimum Gasteiger partial charge on any atom is -0.394 e. The second-order valence-electron chi connectivity index (χ2n) is 4.36. The number of amides is 1. The van der Waals surface area contributed by atoms with E-state index in [2.05, 4.69) is 4.98 Å². The molecule has 1 aliphatic heterocycles. The lowest BCUT2D eigenvalue weighted by Crippen LogP contribution is -2.40.